The van der Waals surface area contributed by atoms with Crippen molar-refractivity contribution in [1.82, 2.24) is 19.7 Å². The van der Waals surface area contributed by atoms with Crippen molar-refractivity contribution in [1.29, 1.82) is 0 Å². The molecule has 2 heterocycles. The molecule has 2 rings (SSSR count). The fourth-order valence-electron chi connectivity index (χ4n) is 1.12. The van der Waals surface area contributed by atoms with Gasteiger partial charge in [0.1, 0.15) is 6.33 Å². The second kappa shape index (κ2) is 6.55. The predicted octanol–water partition coefficient (Wildman–Crippen LogP) is 2.12. The molecule has 0 radical (unpaired) electrons. The van der Waals surface area contributed by atoms with E-state index in [1.165, 1.54) is 0 Å². The lowest BCUT2D eigenvalue weighted by Gasteiger charge is -1.97. The van der Waals surface area contributed by atoms with Gasteiger partial charge in [0.2, 0.25) is 5.95 Å². The third-order valence-electron chi connectivity index (χ3n) is 1.75. The van der Waals surface area contributed by atoms with Crippen molar-refractivity contribution in [3.63, 3.8) is 0 Å². The van der Waals surface area contributed by atoms with Gasteiger partial charge in [-0.15, -0.1) is 5.10 Å². The van der Waals surface area contributed by atoms with Crippen LogP contribution in [0.2, 0.25) is 0 Å². The molecule has 86 valence electrons. The Kier molecular flexibility index (Phi) is 4.98. The number of anilines is 1. The predicted molar refractivity (Wildman–Crippen MR) is 64.7 cm³/mol. The summed E-state index contributed by atoms with van der Waals surface area (Å²) in [6.07, 6.45) is 5.13. The van der Waals surface area contributed by atoms with Crippen LogP contribution in [-0.2, 0) is 0 Å². The van der Waals surface area contributed by atoms with Crippen molar-refractivity contribution >= 4 is 5.95 Å². The van der Waals surface area contributed by atoms with Crippen LogP contribution in [0, 0.1) is 0 Å². The molecular weight excluding hydrogens is 202 g/mol. The molecule has 16 heavy (non-hydrogen) atoms. The summed E-state index contributed by atoms with van der Waals surface area (Å²) < 4.78 is 1.71. The highest BCUT2D eigenvalue weighted by molar-refractivity contribution is 5.30. The lowest BCUT2D eigenvalue weighted by molar-refractivity contribution is 0.875. The van der Waals surface area contributed by atoms with Crippen LogP contribution in [0.5, 0.6) is 0 Å². The van der Waals surface area contributed by atoms with Crippen LogP contribution in [0.25, 0.3) is 5.69 Å². The largest absolute Gasteiger partial charge is 0.353 e. The van der Waals surface area contributed by atoms with Crippen LogP contribution in [0.1, 0.15) is 20.8 Å². The molecule has 2 aromatic heterocycles. The minimum Gasteiger partial charge on any atom is -0.353 e. The Balaban J connectivity index is 0.000000606. The molecule has 0 aliphatic heterocycles. The molecule has 0 amide bonds. The van der Waals surface area contributed by atoms with Crippen LogP contribution in [0.15, 0.2) is 30.9 Å². The zero-order chi connectivity index (χ0) is 11.8. The summed E-state index contributed by atoms with van der Waals surface area (Å²) in [6, 6.07) is 3.76. The van der Waals surface area contributed by atoms with Crippen molar-refractivity contribution in [2.75, 3.05) is 11.9 Å². The third kappa shape index (κ3) is 3.05. The van der Waals surface area contributed by atoms with Gasteiger partial charge in [-0.1, -0.05) is 13.8 Å². The Bertz CT molecular complexity index is 396. The van der Waals surface area contributed by atoms with E-state index in [-0.39, 0.29) is 0 Å². The highest BCUT2D eigenvalue weighted by atomic mass is 15.4. The van der Waals surface area contributed by atoms with Gasteiger partial charge in [-0.2, -0.15) is 0 Å². The molecule has 0 aliphatic carbocycles. The topological polar surface area (TPSA) is 55.6 Å². The van der Waals surface area contributed by atoms with Crippen molar-refractivity contribution in [2.24, 2.45) is 0 Å². The van der Waals surface area contributed by atoms with Gasteiger partial charge in [0.05, 0.1) is 5.69 Å². The minimum atomic E-state index is 0.643. The average Bonchev–Trinajstić information content (AvgIpc) is 2.82. The molecule has 0 bridgehead atoms. The third-order valence-corrected chi connectivity index (χ3v) is 1.75. The van der Waals surface area contributed by atoms with E-state index in [1.807, 2.05) is 32.9 Å². The summed E-state index contributed by atoms with van der Waals surface area (Å²) >= 11 is 0. The van der Waals surface area contributed by atoms with Gasteiger partial charge in [0, 0.05) is 18.9 Å². The summed E-state index contributed by atoms with van der Waals surface area (Å²) in [5, 5.41) is 7.28. The number of rotatable bonds is 3. The highest BCUT2D eigenvalue weighted by Gasteiger charge is 1.99. The molecule has 5 heteroatoms. The molecule has 0 aliphatic rings. The maximum Gasteiger partial charge on any atom is 0.242 e. The normalized spacial score (nSPS) is 9.19. The quantitative estimate of drug-likeness (QED) is 0.859. The highest BCUT2D eigenvalue weighted by Crippen LogP contribution is 2.05. The number of hydrogen-bond acceptors (Lipinski definition) is 4. The first kappa shape index (κ1) is 12.2. The van der Waals surface area contributed by atoms with Gasteiger partial charge in [0.15, 0.2) is 0 Å². The summed E-state index contributed by atoms with van der Waals surface area (Å²) in [7, 11) is 0. The van der Waals surface area contributed by atoms with Crippen LogP contribution in [0.3, 0.4) is 0 Å². The van der Waals surface area contributed by atoms with E-state index in [0.717, 1.165) is 12.2 Å². The van der Waals surface area contributed by atoms with Gasteiger partial charge in [-0.3, -0.25) is 4.98 Å². The summed E-state index contributed by atoms with van der Waals surface area (Å²) in [5.74, 6) is 0.643. The maximum atomic E-state index is 4.24. The van der Waals surface area contributed by atoms with Crippen LogP contribution < -0.4 is 5.32 Å². The molecule has 0 saturated heterocycles. The molecule has 2 aromatic rings. The second-order valence-corrected chi connectivity index (χ2v) is 2.75. The Morgan fingerprint density at radius 3 is 2.56 bits per heavy atom. The molecule has 0 spiro atoms. The van der Waals surface area contributed by atoms with E-state index in [2.05, 4.69) is 20.4 Å². The Morgan fingerprint density at radius 1 is 1.25 bits per heavy atom. The minimum absolute atomic E-state index is 0.643. The molecule has 0 atom stereocenters. The number of nitrogens with zero attached hydrogens (tertiary/aromatic N) is 4. The first-order valence-corrected chi connectivity index (χ1v) is 5.46. The van der Waals surface area contributed by atoms with Gasteiger partial charge in [-0.05, 0) is 19.1 Å². The molecule has 5 nitrogen and oxygen atoms in total. The van der Waals surface area contributed by atoms with E-state index in [4.69, 9.17) is 0 Å². The first-order chi connectivity index (χ1) is 7.90. The zero-order valence-electron chi connectivity index (χ0n) is 9.88. The van der Waals surface area contributed by atoms with Gasteiger partial charge in [-0.25, -0.2) is 9.67 Å². The van der Waals surface area contributed by atoms with Crippen LogP contribution in [-0.4, -0.2) is 26.3 Å². The van der Waals surface area contributed by atoms with Crippen molar-refractivity contribution in [2.45, 2.75) is 20.8 Å². The molecule has 0 unspecified atom stereocenters. The summed E-state index contributed by atoms with van der Waals surface area (Å²) in [6.45, 7) is 6.83. The molecule has 1 N–H and O–H groups in total. The second-order valence-electron chi connectivity index (χ2n) is 2.75. The lowest BCUT2D eigenvalue weighted by Crippen LogP contribution is -2.00. The Morgan fingerprint density at radius 2 is 1.94 bits per heavy atom. The number of aromatic nitrogens is 4. The van der Waals surface area contributed by atoms with Crippen molar-refractivity contribution in [3.8, 4) is 5.69 Å². The number of nitrogens with one attached hydrogen (secondary N) is 1. The van der Waals surface area contributed by atoms with Crippen LogP contribution in [0.4, 0.5) is 5.95 Å². The lowest BCUT2D eigenvalue weighted by atomic mass is 10.4. The fourth-order valence-corrected chi connectivity index (χ4v) is 1.12. The van der Waals surface area contributed by atoms with E-state index < -0.39 is 0 Å². The molecule has 0 aromatic carbocycles. The number of pyridine rings is 1. The van der Waals surface area contributed by atoms with E-state index >= 15 is 0 Å². The fraction of sp³-hybridized carbons (Fsp3) is 0.364. The standard InChI is InChI=1S/C9H11N5.C2H6/c1-2-11-9-12-7-14(13-9)8-3-5-10-6-4-8;1-2/h3-7H,2H2,1H3,(H,11,13);1-2H3. The van der Waals surface area contributed by atoms with Gasteiger partial charge in [0.25, 0.3) is 0 Å². The summed E-state index contributed by atoms with van der Waals surface area (Å²) in [5.41, 5.74) is 0.955. The molecule has 0 saturated carbocycles. The van der Waals surface area contributed by atoms with Crippen LogP contribution >= 0.6 is 0 Å². The monoisotopic (exact) mass is 219 g/mol. The van der Waals surface area contributed by atoms with E-state index in [9.17, 15) is 0 Å². The van der Waals surface area contributed by atoms with Gasteiger partial charge >= 0.3 is 0 Å². The number of hydrogen-bond donors (Lipinski definition) is 1. The van der Waals surface area contributed by atoms with E-state index in [0.29, 0.717) is 5.95 Å². The van der Waals surface area contributed by atoms with Crippen molar-refractivity contribution < 1.29 is 0 Å². The average molecular weight is 219 g/mol. The SMILES string of the molecule is CC.CCNc1ncn(-c2ccncc2)n1. The van der Waals surface area contributed by atoms with Crippen molar-refractivity contribution in [3.05, 3.63) is 30.9 Å². The maximum absolute atomic E-state index is 4.24. The summed E-state index contributed by atoms with van der Waals surface area (Å²) in [4.78, 5) is 8.04. The Labute approximate surface area is 95.6 Å². The molecule has 0 fully saturated rings. The van der Waals surface area contributed by atoms with E-state index in [1.54, 1.807) is 23.4 Å². The smallest absolute Gasteiger partial charge is 0.242 e. The molecular formula is C11H17N5. The first-order valence-electron chi connectivity index (χ1n) is 5.46. The Hall–Kier alpha value is -1.91. The van der Waals surface area contributed by atoms with Gasteiger partial charge < -0.3 is 5.32 Å². The zero-order valence-corrected chi connectivity index (χ0v) is 9.88.